The Bertz CT molecular complexity index is 239. The van der Waals surface area contributed by atoms with Crippen molar-refractivity contribution >= 4 is 0 Å². The number of hydrogen-bond donors (Lipinski definition) is 0. The van der Waals surface area contributed by atoms with Gasteiger partial charge in [0.05, 0.1) is 0 Å². The lowest BCUT2D eigenvalue weighted by atomic mass is 9.84. The summed E-state index contributed by atoms with van der Waals surface area (Å²) in [5.41, 5.74) is 2.99. The highest BCUT2D eigenvalue weighted by Crippen LogP contribution is 2.29. The van der Waals surface area contributed by atoms with E-state index in [1.54, 1.807) is 0 Å². The van der Waals surface area contributed by atoms with Gasteiger partial charge in [-0.15, -0.1) is 0 Å². The normalized spacial score (nSPS) is 26.6. The molecule has 0 heteroatoms. The number of rotatable bonds is 1. The van der Waals surface area contributed by atoms with E-state index >= 15 is 0 Å². The quantitative estimate of drug-likeness (QED) is 0.551. The van der Waals surface area contributed by atoms with Gasteiger partial charge >= 0.3 is 0 Å². The highest BCUT2D eigenvalue weighted by molar-refractivity contribution is 5.41. The first kappa shape index (κ1) is 9.31. The van der Waals surface area contributed by atoms with E-state index in [0.29, 0.717) is 11.8 Å². The second-order valence-corrected chi connectivity index (χ2v) is 3.69. The second-order valence-electron chi connectivity index (χ2n) is 3.69. The van der Waals surface area contributed by atoms with Gasteiger partial charge in [-0.05, 0) is 29.9 Å². The average Bonchev–Trinajstić information content (AvgIpc) is 2.03. The molecule has 0 bridgehead atoms. The van der Waals surface area contributed by atoms with Crippen LogP contribution < -0.4 is 0 Å². The predicted octanol–water partition coefficient (Wildman–Crippen LogP) is 3.72. The summed E-state index contributed by atoms with van der Waals surface area (Å²) in [5, 5.41) is 0. The lowest BCUT2D eigenvalue weighted by molar-refractivity contribution is 0.726. The molecule has 0 radical (unpaired) electrons. The standard InChI is InChI=1S/C12H18/c1-5-11-10(4)7-6-8-12(11)9(2)3/h5-10H,1-4H3. The van der Waals surface area contributed by atoms with Gasteiger partial charge in [0.1, 0.15) is 0 Å². The minimum Gasteiger partial charge on any atom is -0.0836 e. The molecule has 0 nitrogen and oxygen atoms in total. The van der Waals surface area contributed by atoms with Crippen molar-refractivity contribution in [2.45, 2.75) is 27.7 Å². The van der Waals surface area contributed by atoms with Crippen LogP contribution in [0.15, 0.2) is 35.5 Å². The molecule has 0 saturated carbocycles. The third-order valence-corrected chi connectivity index (χ3v) is 2.43. The fourth-order valence-corrected chi connectivity index (χ4v) is 1.74. The second kappa shape index (κ2) is 3.75. The summed E-state index contributed by atoms with van der Waals surface area (Å²) >= 11 is 0. The zero-order valence-electron chi connectivity index (χ0n) is 8.46. The van der Waals surface area contributed by atoms with Gasteiger partial charge in [-0.1, -0.05) is 45.1 Å². The molecule has 12 heavy (non-hydrogen) atoms. The van der Waals surface area contributed by atoms with Crippen LogP contribution in [0.5, 0.6) is 0 Å². The molecular weight excluding hydrogens is 144 g/mol. The first-order valence-electron chi connectivity index (χ1n) is 4.71. The Kier molecular flexibility index (Phi) is 2.91. The molecule has 0 N–H and O–H groups in total. The molecule has 0 aliphatic heterocycles. The van der Waals surface area contributed by atoms with Crippen molar-refractivity contribution in [3.8, 4) is 0 Å². The monoisotopic (exact) mass is 162 g/mol. The first-order chi connectivity index (χ1) is 5.66. The number of hydrogen-bond acceptors (Lipinski definition) is 0. The molecule has 0 amide bonds. The first-order valence-corrected chi connectivity index (χ1v) is 4.71. The summed E-state index contributed by atoms with van der Waals surface area (Å²) in [4.78, 5) is 0. The van der Waals surface area contributed by atoms with Crippen LogP contribution >= 0.6 is 0 Å². The molecule has 0 aromatic carbocycles. The summed E-state index contributed by atoms with van der Waals surface area (Å²) in [6.07, 6.45) is 8.90. The van der Waals surface area contributed by atoms with Gasteiger partial charge in [-0.25, -0.2) is 0 Å². The molecule has 0 spiro atoms. The topological polar surface area (TPSA) is 0 Å². The zero-order chi connectivity index (χ0) is 9.14. The van der Waals surface area contributed by atoms with Crippen LogP contribution in [0.3, 0.4) is 0 Å². The Morgan fingerprint density at radius 3 is 2.50 bits per heavy atom. The minimum atomic E-state index is 0.595. The molecule has 1 aliphatic carbocycles. The van der Waals surface area contributed by atoms with E-state index in [-0.39, 0.29) is 0 Å². The van der Waals surface area contributed by atoms with E-state index in [9.17, 15) is 0 Å². The van der Waals surface area contributed by atoms with Crippen molar-refractivity contribution < 1.29 is 0 Å². The fraction of sp³-hybridized carbons (Fsp3) is 0.500. The van der Waals surface area contributed by atoms with E-state index in [4.69, 9.17) is 0 Å². The average molecular weight is 162 g/mol. The van der Waals surface area contributed by atoms with E-state index in [1.165, 1.54) is 11.1 Å². The van der Waals surface area contributed by atoms with Crippen LogP contribution in [0.2, 0.25) is 0 Å². The van der Waals surface area contributed by atoms with E-state index in [0.717, 1.165) is 0 Å². The maximum absolute atomic E-state index is 2.25. The summed E-state index contributed by atoms with van der Waals surface area (Å²) < 4.78 is 0. The van der Waals surface area contributed by atoms with Crippen molar-refractivity contribution in [1.29, 1.82) is 0 Å². The maximum Gasteiger partial charge on any atom is -0.000775 e. The molecule has 1 unspecified atom stereocenters. The van der Waals surface area contributed by atoms with Gasteiger partial charge in [0.2, 0.25) is 0 Å². The van der Waals surface area contributed by atoms with Gasteiger partial charge in [-0.3, -0.25) is 0 Å². The minimum absolute atomic E-state index is 0.595. The van der Waals surface area contributed by atoms with Gasteiger partial charge in [0, 0.05) is 0 Å². The Labute approximate surface area is 75.7 Å². The largest absolute Gasteiger partial charge is 0.0836 e. The van der Waals surface area contributed by atoms with Crippen LogP contribution in [-0.4, -0.2) is 0 Å². The number of allylic oxidation sites excluding steroid dienone is 6. The van der Waals surface area contributed by atoms with Crippen molar-refractivity contribution in [2.75, 3.05) is 0 Å². The van der Waals surface area contributed by atoms with Gasteiger partial charge in [0.15, 0.2) is 0 Å². The van der Waals surface area contributed by atoms with E-state index in [2.05, 4.69) is 52.0 Å². The van der Waals surface area contributed by atoms with Crippen molar-refractivity contribution in [3.63, 3.8) is 0 Å². The molecule has 1 atom stereocenters. The summed E-state index contributed by atoms with van der Waals surface area (Å²) in [6.45, 7) is 8.88. The summed E-state index contributed by atoms with van der Waals surface area (Å²) in [7, 11) is 0. The van der Waals surface area contributed by atoms with Gasteiger partial charge in [0.25, 0.3) is 0 Å². The van der Waals surface area contributed by atoms with Crippen LogP contribution in [0.25, 0.3) is 0 Å². The third kappa shape index (κ3) is 1.69. The lowest BCUT2D eigenvalue weighted by Gasteiger charge is -2.21. The van der Waals surface area contributed by atoms with Crippen LogP contribution in [0.1, 0.15) is 27.7 Å². The Morgan fingerprint density at radius 1 is 1.42 bits per heavy atom. The molecule has 66 valence electrons. The SMILES string of the molecule is CC=C1C(C(C)C)=CC=CC1C. The Hall–Kier alpha value is -0.780. The maximum atomic E-state index is 2.25. The molecule has 0 aromatic heterocycles. The Balaban J connectivity index is 2.97. The molecule has 1 rings (SSSR count). The summed E-state index contributed by atoms with van der Waals surface area (Å²) in [5.74, 6) is 1.24. The van der Waals surface area contributed by atoms with Gasteiger partial charge < -0.3 is 0 Å². The van der Waals surface area contributed by atoms with Crippen LogP contribution in [-0.2, 0) is 0 Å². The molecule has 0 aromatic rings. The van der Waals surface area contributed by atoms with Crippen molar-refractivity contribution in [3.05, 3.63) is 35.5 Å². The fourth-order valence-electron chi connectivity index (χ4n) is 1.74. The van der Waals surface area contributed by atoms with Crippen LogP contribution in [0.4, 0.5) is 0 Å². The third-order valence-electron chi connectivity index (χ3n) is 2.43. The molecule has 0 fully saturated rings. The van der Waals surface area contributed by atoms with Crippen LogP contribution in [0, 0.1) is 11.8 Å². The molecule has 1 aliphatic rings. The predicted molar refractivity (Wildman–Crippen MR) is 55.0 cm³/mol. The van der Waals surface area contributed by atoms with Crippen molar-refractivity contribution in [1.82, 2.24) is 0 Å². The highest BCUT2D eigenvalue weighted by Gasteiger charge is 2.14. The lowest BCUT2D eigenvalue weighted by Crippen LogP contribution is -2.07. The van der Waals surface area contributed by atoms with Gasteiger partial charge in [-0.2, -0.15) is 0 Å². The molecular formula is C12H18. The smallest absolute Gasteiger partial charge is 0.000775 e. The van der Waals surface area contributed by atoms with E-state index in [1.807, 2.05) is 0 Å². The highest BCUT2D eigenvalue weighted by atomic mass is 14.2. The van der Waals surface area contributed by atoms with E-state index < -0.39 is 0 Å². The zero-order valence-corrected chi connectivity index (χ0v) is 8.46. The summed E-state index contributed by atoms with van der Waals surface area (Å²) in [6, 6.07) is 0. The van der Waals surface area contributed by atoms with Crippen molar-refractivity contribution in [2.24, 2.45) is 11.8 Å². The Morgan fingerprint density at radius 2 is 2.08 bits per heavy atom. The molecule has 0 saturated heterocycles. The molecule has 0 heterocycles.